The van der Waals surface area contributed by atoms with E-state index in [9.17, 15) is 13.2 Å². The number of hydrogen-bond donors (Lipinski definition) is 1. The molecule has 0 bridgehead atoms. The van der Waals surface area contributed by atoms with E-state index in [4.69, 9.17) is 0 Å². The lowest BCUT2D eigenvalue weighted by molar-refractivity contribution is -0.122. The molecule has 0 aromatic heterocycles. The number of benzene rings is 1. The van der Waals surface area contributed by atoms with Crippen molar-refractivity contribution in [1.29, 1.82) is 0 Å². The van der Waals surface area contributed by atoms with Crippen LogP contribution >= 0.6 is 0 Å². The summed E-state index contributed by atoms with van der Waals surface area (Å²) in [5, 5.41) is 2.71. The van der Waals surface area contributed by atoms with E-state index in [-0.39, 0.29) is 30.0 Å². The van der Waals surface area contributed by atoms with Gasteiger partial charge in [-0.05, 0) is 29.4 Å². The van der Waals surface area contributed by atoms with E-state index in [0.717, 1.165) is 6.42 Å². The predicted octanol–water partition coefficient (Wildman–Crippen LogP) is 2.07. The van der Waals surface area contributed by atoms with Crippen molar-refractivity contribution in [2.45, 2.75) is 32.1 Å². The second kappa shape index (κ2) is 6.18. The lowest BCUT2D eigenvalue weighted by Gasteiger charge is -2.07. The van der Waals surface area contributed by atoms with Crippen LogP contribution in [0.3, 0.4) is 0 Å². The molecule has 1 amide bonds. The molecule has 0 saturated heterocycles. The Morgan fingerprint density at radius 2 is 1.90 bits per heavy atom. The Labute approximate surface area is 126 Å². The molecule has 1 aliphatic rings. The van der Waals surface area contributed by atoms with Crippen LogP contribution in [0.25, 0.3) is 0 Å². The molecule has 0 spiro atoms. The SMILES string of the molecule is CC(C)c1ccc([C@@H]2C[C@H]2C(=O)NCCS(C)(=O)=O)cc1. The summed E-state index contributed by atoms with van der Waals surface area (Å²) in [5.41, 5.74) is 2.50. The van der Waals surface area contributed by atoms with E-state index in [1.165, 1.54) is 17.4 Å². The van der Waals surface area contributed by atoms with Crippen LogP contribution in [-0.4, -0.2) is 32.9 Å². The minimum atomic E-state index is -3.02. The van der Waals surface area contributed by atoms with Crippen molar-refractivity contribution in [2.24, 2.45) is 5.92 Å². The summed E-state index contributed by atoms with van der Waals surface area (Å²) >= 11 is 0. The van der Waals surface area contributed by atoms with Gasteiger partial charge in [0.15, 0.2) is 0 Å². The van der Waals surface area contributed by atoms with Crippen LogP contribution < -0.4 is 5.32 Å². The number of sulfone groups is 1. The van der Waals surface area contributed by atoms with Crippen molar-refractivity contribution in [3.05, 3.63) is 35.4 Å². The van der Waals surface area contributed by atoms with Gasteiger partial charge < -0.3 is 5.32 Å². The molecule has 0 unspecified atom stereocenters. The summed E-state index contributed by atoms with van der Waals surface area (Å²) in [6.07, 6.45) is 2.03. The number of carbonyl (C=O) groups is 1. The monoisotopic (exact) mass is 309 g/mol. The molecule has 1 N–H and O–H groups in total. The average molecular weight is 309 g/mol. The maximum absolute atomic E-state index is 11.9. The van der Waals surface area contributed by atoms with Crippen molar-refractivity contribution in [3.8, 4) is 0 Å². The fourth-order valence-corrected chi connectivity index (χ4v) is 2.94. The summed E-state index contributed by atoms with van der Waals surface area (Å²) in [7, 11) is -3.02. The average Bonchev–Trinajstić information content (AvgIpc) is 3.17. The molecule has 1 aromatic rings. The molecular weight excluding hydrogens is 286 g/mol. The first-order valence-corrected chi connectivity index (χ1v) is 9.39. The van der Waals surface area contributed by atoms with Gasteiger partial charge in [-0.25, -0.2) is 8.42 Å². The Morgan fingerprint density at radius 3 is 2.43 bits per heavy atom. The molecular formula is C16H23NO3S. The van der Waals surface area contributed by atoms with Gasteiger partial charge in [-0.15, -0.1) is 0 Å². The lowest BCUT2D eigenvalue weighted by Crippen LogP contribution is -2.30. The molecule has 2 rings (SSSR count). The third-order valence-electron chi connectivity index (χ3n) is 3.93. The number of amides is 1. The van der Waals surface area contributed by atoms with Crippen LogP contribution in [0.2, 0.25) is 0 Å². The van der Waals surface area contributed by atoms with E-state index in [0.29, 0.717) is 5.92 Å². The van der Waals surface area contributed by atoms with E-state index in [2.05, 4.69) is 43.4 Å². The quantitative estimate of drug-likeness (QED) is 0.875. The Hall–Kier alpha value is -1.36. The van der Waals surface area contributed by atoms with Gasteiger partial charge in [0.05, 0.1) is 5.75 Å². The molecule has 0 radical (unpaired) electrons. The Morgan fingerprint density at radius 1 is 1.29 bits per heavy atom. The normalized spacial score (nSPS) is 21.3. The topological polar surface area (TPSA) is 63.2 Å². The second-order valence-electron chi connectivity index (χ2n) is 6.19. The maximum Gasteiger partial charge on any atom is 0.223 e. The highest BCUT2D eigenvalue weighted by atomic mass is 32.2. The molecule has 21 heavy (non-hydrogen) atoms. The number of rotatable bonds is 6. The molecule has 1 aliphatic carbocycles. The Balaban J connectivity index is 1.85. The van der Waals surface area contributed by atoms with Crippen molar-refractivity contribution in [2.75, 3.05) is 18.6 Å². The van der Waals surface area contributed by atoms with Gasteiger partial charge in [0, 0.05) is 18.7 Å². The smallest absolute Gasteiger partial charge is 0.223 e. The summed E-state index contributed by atoms with van der Waals surface area (Å²) in [6.45, 7) is 4.52. The third-order valence-corrected chi connectivity index (χ3v) is 4.88. The standard InChI is InChI=1S/C16H23NO3S/c1-11(2)12-4-6-13(7-5-12)14-10-15(14)16(18)17-8-9-21(3,19)20/h4-7,11,14-15H,8-10H2,1-3H3,(H,17,18)/t14-,15+/m0/s1. The van der Waals surface area contributed by atoms with Crippen LogP contribution in [0.4, 0.5) is 0 Å². The van der Waals surface area contributed by atoms with Crippen LogP contribution in [0.15, 0.2) is 24.3 Å². The van der Waals surface area contributed by atoms with Gasteiger partial charge in [0.2, 0.25) is 5.91 Å². The molecule has 1 fully saturated rings. The molecule has 5 heteroatoms. The summed E-state index contributed by atoms with van der Waals surface area (Å²) in [6, 6.07) is 8.45. The fraction of sp³-hybridized carbons (Fsp3) is 0.562. The maximum atomic E-state index is 11.9. The number of nitrogens with one attached hydrogen (secondary N) is 1. The van der Waals surface area contributed by atoms with Crippen molar-refractivity contribution >= 4 is 15.7 Å². The fourth-order valence-electron chi connectivity index (χ4n) is 2.47. The molecule has 4 nitrogen and oxygen atoms in total. The van der Waals surface area contributed by atoms with Gasteiger partial charge in [0.1, 0.15) is 9.84 Å². The Kier molecular flexibility index (Phi) is 4.71. The predicted molar refractivity (Wildman–Crippen MR) is 84.1 cm³/mol. The van der Waals surface area contributed by atoms with Gasteiger partial charge in [0.25, 0.3) is 0 Å². The van der Waals surface area contributed by atoms with Crippen molar-refractivity contribution < 1.29 is 13.2 Å². The molecule has 0 aliphatic heterocycles. The van der Waals surface area contributed by atoms with Gasteiger partial charge in [-0.1, -0.05) is 38.1 Å². The zero-order valence-electron chi connectivity index (χ0n) is 12.8. The highest BCUT2D eigenvalue weighted by molar-refractivity contribution is 7.90. The van der Waals surface area contributed by atoms with Crippen molar-refractivity contribution in [3.63, 3.8) is 0 Å². The van der Waals surface area contributed by atoms with Gasteiger partial charge in [-0.3, -0.25) is 4.79 Å². The van der Waals surface area contributed by atoms with Crippen LogP contribution in [-0.2, 0) is 14.6 Å². The minimum absolute atomic E-state index is 0.000782. The zero-order chi connectivity index (χ0) is 15.6. The largest absolute Gasteiger partial charge is 0.355 e. The van der Waals surface area contributed by atoms with Gasteiger partial charge >= 0.3 is 0 Å². The van der Waals surface area contributed by atoms with E-state index < -0.39 is 9.84 Å². The minimum Gasteiger partial charge on any atom is -0.355 e. The van der Waals surface area contributed by atoms with Crippen LogP contribution in [0.1, 0.15) is 43.2 Å². The van der Waals surface area contributed by atoms with Crippen LogP contribution in [0, 0.1) is 5.92 Å². The zero-order valence-corrected chi connectivity index (χ0v) is 13.6. The second-order valence-corrected chi connectivity index (χ2v) is 8.45. The number of carbonyl (C=O) groups excluding carboxylic acids is 1. The highest BCUT2D eigenvalue weighted by Gasteiger charge is 2.43. The molecule has 2 atom stereocenters. The van der Waals surface area contributed by atoms with Crippen molar-refractivity contribution in [1.82, 2.24) is 5.32 Å². The molecule has 116 valence electrons. The molecule has 1 aromatic carbocycles. The number of hydrogen-bond acceptors (Lipinski definition) is 3. The first kappa shape index (κ1) is 16.0. The summed E-state index contributed by atoms with van der Waals surface area (Å²) in [4.78, 5) is 11.9. The third kappa shape index (κ3) is 4.56. The van der Waals surface area contributed by atoms with E-state index in [1.54, 1.807) is 0 Å². The van der Waals surface area contributed by atoms with Gasteiger partial charge in [-0.2, -0.15) is 0 Å². The van der Waals surface area contributed by atoms with Crippen LogP contribution in [0.5, 0.6) is 0 Å². The first-order chi connectivity index (χ1) is 9.78. The summed E-state index contributed by atoms with van der Waals surface area (Å²) < 4.78 is 22.0. The van der Waals surface area contributed by atoms with E-state index in [1.807, 2.05) is 0 Å². The summed E-state index contributed by atoms with van der Waals surface area (Å²) in [5.74, 6) is 0.753. The first-order valence-electron chi connectivity index (χ1n) is 7.33. The lowest BCUT2D eigenvalue weighted by atomic mass is 10.00. The van der Waals surface area contributed by atoms with E-state index >= 15 is 0 Å². The highest BCUT2D eigenvalue weighted by Crippen LogP contribution is 2.47. The molecule has 0 heterocycles. The molecule has 1 saturated carbocycles. The Bertz CT molecular complexity index is 605.